The Kier molecular flexibility index (Phi) is 3.59. The summed E-state index contributed by atoms with van der Waals surface area (Å²) >= 11 is 1.71. The molecule has 0 saturated heterocycles. The molecule has 0 fully saturated rings. The highest BCUT2D eigenvalue weighted by Gasteiger charge is 2.31. The van der Waals surface area contributed by atoms with E-state index in [1.165, 1.54) is 4.88 Å². The molecule has 4 heteroatoms. The quantitative estimate of drug-likeness (QED) is 0.920. The van der Waals surface area contributed by atoms with Crippen molar-refractivity contribution in [1.82, 2.24) is 9.55 Å². The summed E-state index contributed by atoms with van der Waals surface area (Å²) in [6, 6.07) is 4.47. The van der Waals surface area contributed by atoms with Crippen molar-refractivity contribution in [2.45, 2.75) is 39.8 Å². The lowest BCUT2D eigenvalue weighted by molar-refractivity contribution is 0.214. The Labute approximate surface area is 113 Å². The van der Waals surface area contributed by atoms with E-state index in [4.69, 9.17) is 5.73 Å². The molecule has 0 aromatic carbocycles. The summed E-state index contributed by atoms with van der Waals surface area (Å²) in [7, 11) is 0. The summed E-state index contributed by atoms with van der Waals surface area (Å²) < 4.78 is 2.22. The predicted molar refractivity (Wildman–Crippen MR) is 77.7 cm³/mol. The van der Waals surface area contributed by atoms with Gasteiger partial charge in [0.15, 0.2) is 0 Å². The van der Waals surface area contributed by atoms with E-state index < -0.39 is 0 Å². The number of imidazole rings is 1. The maximum atomic E-state index is 6.19. The maximum absolute atomic E-state index is 6.19. The summed E-state index contributed by atoms with van der Waals surface area (Å²) in [5.41, 5.74) is 6.29. The van der Waals surface area contributed by atoms with Crippen LogP contribution < -0.4 is 5.73 Å². The molecule has 2 atom stereocenters. The summed E-state index contributed by atoms with van der Waals surface area (Å²) in [6.07, 6.45) is 3.89. The maximum Gasteiger partial charge on any atom is 0.150 e. The van der Waals surface area contributed by atoms with Crippen LogP contribution in [-0.2, 0) is 0 Å². The highest BCUT2D eigenvalue weighted by Crippen LogP contribution is 2.36. The van der Waals surface area contributed by atoms with Gasteiger partial charge in [-0.2, -0.15) is 0 Å². The van der Waals surface area contributed by atoms with Gasteiger partial charge in [0, 0.05) is 18.4 Å². The van der Waals surface area contributed by atoms with Gasteiger partial charge in [-0.15, -0.1) is 11.3 Å². The summed E-state index contributed by atoms with van der Waals surface area (Å²) in [6.45, 7) is 8.73. The highest BCUT2D eigenvalue weighted by atomic mass is 32.1. The molecule has 2 aromatic rings. The minimum atomic E-state index is 0.0814. The van der Waals surface area contributed by atoms with E-state index in [1.54, 1.807) is 11.3 Å². The van der Waals surface area contributed by atoms with E-state index in [2.05, 4.69) is 54.8 Å². The number of nitrogens with two attached hydrogens (primary N) is 1. The SMILES string of the molecule is CC(N)C(n1ccnc1-c1cccs1)C(C)(C)C. The van der Waals surface area contributed by atoms with Crippen LogP contribution >= 0.6 is 11.3 Å². The molecule has 18 heavy (non-hydrogen) atoms. The lowest BCUT2D eigenvalue weighted by Crippen LogP contribution is -2.38. The zero-order chi connectivity index (χ0) is 13.3. The molecule has 2 rings (SSSR count). The number of hydrogen-bond acceptors (Lipinski definition) is 3. The van der Waals surface area contributed by atoms with Gasteiger partial charge in [0.2, 0.25) is 0 Å². The van der Waals surface area contributed by atoms with Crippen LogP contribution in [0, 0.1) is 5.41 Å². The minimum absolute atomic E-state index is 0.0814. The molecule has 2 unspecified atom stereocenters. The lowest BCUT2D eigenvalue weighted by atomic mass is 9.82. The van der Waals surface area contributed by atoms with Gasteiger partial charge in [-0.1, -0.05) is 26.8 Å². The molecule has 98 valence electrons. The second-order valence-corrected chi connectivity index (χ2v) is 6.75. The van der Waals surface area contributed by atoms with Gasteiger partial charge in [0.05, 0.1) is 10.9 Å². The largest absolute Gasteiger partial charge is 0.326 e. The monoisotopic (exact) mass is 263 g/mol. The van der Waals surface area contributed by atoms with Gasteiger partial charge in [-0.25, -0.2) is 4.98 Å². The molecular weight excluding hydrogens is 242 g/mol. The minimum Gasteiger partial charge on any atom is -0.326 e. The van der Waals surface area contributed by atoms with E-state index in [9.17, 15) is 0 Å². The molecule has 0 bridgehead atoms. The molecule has 0 aliphatic heterocycles. The van der Waals surface area contributed by atoms with Gasteiger partial charge in [0.25, 0.3) is 0 Å². The van der Waals surface area contributed by atoms with E-state index >= 15 is 0 Å². The fourth-order valence-corrected chi connectivity index (χ4v) is 3.32. The number of hydrogen-bond donors (Lipinski definition) is 1. The van der Waals surface area contributed by atoms with Crippen LogP contribution in [0.2, 0.25) is 0 Å². The second-order valence-electron chi connectivity index (χ2n) is 5.81. The number of thiophene rings is 1. The molecule has 2 N–H and O–H groups in total. The van der Waals surface area contributed by atoms with Crippen LogP contribution in [0.25, 0.3) is 10.7 Å². The van der Waals surface area contributed by atoms with Gasteiger partial charge in [-0.3, -0.25) is 0 Å². The Morgan fingerprint density at radius 3 is 2.61 bits per heavy atom. The van der Waals surface area contributed by atoms with Gasteiger partial charge < -0.3 is 10.3 Å². The molecule has 0 spiro atoms. The van der Waals surface area contributed by atoms with Gasteiger partial charge >= 0.3 is 0 Å². The van der Waals surface area contributed by atoms with E-state index in [0.717, 1.165) is 5.82 Å². The van der Waals surface area contributed by atoms with Gasteiger partial charge in [-0.05, 0) is 23.8 Å². The van der Waals surface area contributed by atoms with Gasteiger partial charge in [0.1, 0.15) is 5.82 Å². The van der Waals surface area contributed by atoms with Crippen molar-refractivity contribution < 1.29 is 0 Å². The third-order valence-corrected chi connectivity index (χ3v) is 3.96. The van der Waals surface area contributed by atoms with Crippen LogP contribution in [0.1, 0.15) is 33.7 Å². The number of nitrogens with zero attached hydrogens (tertiary/aromatic N) is 2. The van der Waals surface area contributed by atoms with Crippen molar-refractivity contribution in [2.75, 3.05) is 0 Å². The first-order valence-electron chi connectivity index (χ1n) is 6.23. The summed E-state index contributed by atoms with van der Waals surface area (Å²) in [5.74, 6) is 1.02. The summed E-state index contributed by atoms with van der Waals surface area (Å²) in [5, 5.41) is 2.08. The molecule has 0 amide bonds. The van der Waals surface area contributed by atoms with Crippen LogP contribution in [0.4, 0.5) is 0 Å². The average Bonchev–Trinajstić information content (AvgIpc) is 2.82. The predicted octanol–water partition coefficient (Wildman–Crippen LogP) is 3.55. The lowest BCUT2D eigenvalue weighted by Gasteiger charge is -2.35. The highest BCUT2D eigenvalue weighted by molar-refractivity contribution is 7.13. The molecule has 0 saturated carbocycles. The van der Waals surface area contributed by atoms with Crippen molar-refractivity contribution in [3.63, 3.8) is 0 Å². The fourth-order valence-electron chi connectivity index (χ4n) is 2.59. The normalized spacial score (nSPS) is 15.6. The van der Waals surface area contributed by atoms with Crippen LogP contribution in [-0.4, -0.2) is 15.6 Å². The van der Waals surface area contributed by atoms with Crippen LogP contribution in [0.5, 0.6) is 0 Å². The Balaban J connectivity index is 2.47. The van der Waals surface area contributed by atoms with Crippen LogP contribution in [0.15, 0.2) is 29.9 Å². The van der Waals surface area contributed by atoms with Crippen molar-refractivity contribution >= 4 is 11.3 Å². The Hall–Kier alpha value is -1.13. The Bertz CT molecular complexity index is 491. The molecule has 3 nitrogen and oxygen atoms in total. The molecule has 0 aliphatic carbocycles. The summed E-state index contributed by atoms with van der Waals surface area (Å²) in [4.78, 5) is 5.68. The van der Waals surface area contributed by atoms with E-state index in [1.807, 2.05) is 12.4 Å². The Morgan fingerprint density at radius 2 is 2.11 bits per heavy atom. The smallest absolute Gasteiger partial charge is 0.150 e. The second kappa shape index (κ2) is 4.86. The zero-order valence-corrected chi connectivity index (χ0v) is 12.2. The Morgan fingerprint density at radius 1 is 1.39 bits per heavy atom. The first-order valence-corrected chi connectivity index (χ1v) is 7.11. The van der Waals surface area contributed by atoms with Crippen LogP contribution in [0.3, 0.4) is 0 Å². The third-order valence-electron chi connectivity index (χ3n) is 3.10. The molecular formula is C14H21N3S. The first kappa shape index (κ1) is 13.3. The van der Waals surface area contributed by atoms with Crippen molar-refractivity contribution in [3.05, 3.63) is 29.9 Å². The zero-order valence-electron chi connectivity index (χ0n) is 11.4. The van der Waals surface area contributed by atoms with Crippen molar-refractivity contribution in [1.29, 1.82) is 0 Å². The average molecular weight is 263 g/mol. The number of rotatable bonds is 3. The fraction of sp³-hybridized carbons (Fsp3) is 0.500. The topological polar surface area (TPSA) is 43.8 Å². The standard InChI is InChI=1S/C14H21N3S/c1-10(15)12(14(2,3)4)17-8-7-16-13(17)11-6-5-9-18-11/h5-10,12H,15H2,1-4H3. The first-order chi connectivity index (χ1) is 8.41. The molecule has 2 aromatic heterocycles. The molecule has 2 heterocycles. The van der Waals surface area contributed by atoms with E-state index in [-0.39, 0.29) is 17.5 Å². The molecule has 0 aliphatic rings. The van der Waals surface area contributed by atoms with Crippen molar-refractivity contribution in [2.24, 2.45) is 11.1 Å². The van der Waals surface area contributed by atoms with Crippen molar-refractivity contribution in [3.8, 4) is 10.7 Å². The molecule has 0 radical (unpaired) electrons. The third kappa shape index (κ3) is 2.49. The number of aromatic nitrogens is 2. The van der Waals surface area contributed by atoms with E-state index in [0.29, 0.717) is 0 Å².